The Labute approximate surface area is 169 Å². The molecule has 2 atom stereocenters. The summed E-state index contributed by atoms with van der Waals surface area (Å²) < 4.78 is 5.26. The van der Waals surface area contributed by atoms with Crippen LogP contribution in [-0.2, 0) is 9.53 Å². The van der Waals surface area contributed by atoms with E-state index in [2.05, 4.69) is 5.32 Å². The maximum absolute atomic E-state index is 13.5. The Balaban J connectivity index is 1.76. The molecule has 0 bridgehead atoms. The third-order valence-electron chi connectivity index (χ3n) is 5.79. The van der Waals surface area contributed by atoms with Crippen molar-refractivity contribution in [2.75, 3.05) is 20.3 Å². The lowest BCUT2D eigenvalue weighted by Crippen LogP contribution is -2.49. The molecule has 1 aliphatic carbocycles. The van der Waals surface area contributed by atoms with Gasteiger partial charge in [0.15, 0.2) is 0 Å². The number of amides is 2. The maximum Gasteiger partial charge on any atom is 0.254 e. The average Bonchev–Trinajstić information content (AvgIpc) is 3.41. The van der Waals surface area contributed by atoms with Crippen LogP contribution in [0.3, 0.4) is 0 Å². The summed E-state index contributed by atoms with van der Waals surface area (Å²) in [5.41, 5.74) is 1.45. The lowest BCUT2D eigenvalue weighted by Gasteiger charge is -2.41. The second-order valence-corrected chi connectivity index (χ2v) is 8.49. The molecule has 1 aromatic carbocycles. The standard InChI is InChI=1S/C22H26N2O3S/c1-27-13-12-24-20(18-11-6-14-28-18)19(21(25)23-15-7-2-3-8-15)16-9-4-5-10-17(16)22(24)26/h4-6,9-11,14-15,19-20H,2-3,7-8,12-13H2,1H3,(H,23,25)/t19-,20-/m1/s1. The predicted molar refractivity (Wildman–Crippen MR) is 110 cm³/mol. The zero-order valence-corrected chi connectivity index (χ0v) is 16.9. The van der Waals surface area contributed by atoms with Crippen molar-refractivity contribution < 1.29 is 14.3 Å². The van der Waals surface area contributed by atoms with E-state index in [-0.39, 0.29) is 23.9 Å². The lowest BCUT2D eigenvalue weighted by atomic mass is 9.81. The summed E-state index contributed by atoms with van der Waals surface area (Å²) in [6.45, 7) is 0.895. The van der Waals surface area contributed by atoms with E-state index >= 15 is 0 Å². The van der Waals surface area contributed by atoms with Crippen molar-refractivity contribution in [2.45, 2.75) is 43.7 Å². The summed E-state index contributed by atoms with van der Waals surface area (Å²) >= 11 is 1.59. The van der Waals surface area contributed by atoms with E-state index in [1.165, 1.54) is 12.8 Å². The first-order valence-corrected chi connectivity index (χ1v) is 10.8. The van der Waals surface area contributed by atoms with Crippen LogP contribution >= 0.6 is 11.3 Å². The smallest absolute Gasteiger partial charge is 0.254 e. The summed E-state index contributed by atoms with van der Waals surface area (Å²) in [6.07, 6.45) is 4.41. The number of methoxy groups -OCH3 is 1. The van der Waals surface area contributed by atoms with Gasteiger partial charge in [-0.2, -0.15) is 0 Å². The Hall–Kier alpha value is -2.18. The van der Waals surface area contributed by atoms with Crippen LogP contribution in [0.5, 0.6) is 0 Å². The minimum Gasteiger partial charge on any atom is -0.383 e. The van der Waals surface area contributed by atoms with Crippen molar-refractivity contribution >= 4 is 23.2 Å². The van der Waals surface area contributed by atoms with E-state index in [1.54, 1.807) is 18.4 Å². The largest absolute Gasteiger partial charge is 0.383 e. The molecule has 1 saturated carbocycles. The average molecular weight is 399 g/mol. The number of fused-ring (bicyclic) bond motifs is 1. The summed E-state index contributed by atoms with van der Waals surface area (Å²) in [7, 11) is 1.63. The molecule has 5 nitrogen and oxygen atoms in total. The number of nitrogens with zero attached hydrogens (tertiary/aromatic N) is 1. The van der Waals surface area contributed by atoms with E-state index in [0.717, 1.165) is 23.3 Å². The molecule has 1 aromatic heterocycles. The highest BCUT2D eigenvalue weighted by atomic mass is 32.1. The summed E-state index contributed by atoms with van der Waals surface area (Å²) in [6, 6.07) is 11.5. The van der Waals surface area contributed by atoms with E-state index in [4.69, 9.17) is 4.74 Å². The van der Waals surface area contributed by atoms with Gasteiger partial charge in [0, 0.05) is 30.1 Å². The Morgan fingerprint density at radius 3 is 2.71 bits per heavy atom. The fourth-order valence-electron chi connectivity index (χ4n) is 4.45. The number of nitrogens with one attached hydrogen (secondary N) is 1. The molecule has 4 rings (SSSR count). The van der Waals surface area contributed by atoms with Crippen molar-refractivity contribution in [3.8, 4) is 0 Å². The van der Waals surface area contributed by atoms with Gasteiger partial charge in [0.1, 0.15) is 0 Å². The molecule has 0 saturated heterocycles. The van der Waals surface area contributed by atoms with Gasteiger partial charge < -0.3 is 15.0 Å². The molecule has 28 heavy (non-hydrogen) atoms. The van der Waals surface area contributed by atoms with Gasteiger partial charge >= 0.3 is 0 Å². The molecule has 2 aliphatic rings. The normalized spacial score (nSPS) is 22.3. The molecule has 0 spiro atoms. The van der Waals surface area contributed by atoms with Gasteiger partial charge in [0.2, 0.25) is 5.91 Å². The van der Waals surface area contributed by atoms with Crippen LogP contribution in [-0.4, -0.2) is 43.0 Å². The molecular weight excluding hydrogens is 372 g/mol. The fourth-order valence-corrected chi connectivity index (χ4v) is 5.32. The van der Waals surface area contributed by atoms with Crippen LogP contribution < -0.4 is 5.32 Å². The second kappa shape index (κ2) is 8.45. The van der Waals surface area contributed by atoms with Crippen LogP contribution in [0.1, 0.15) is 58.4 Å². The van der Waals surface area contributed by atoms with Crippen LogP contribution in [0, 0.1) is 0 Å². The van der Waals surface area contributed by atoms with Gasteiger partial charge in [0.25, 0.3) is 5.91 Å². The van der Waals surface area contributed by atoms with Crippen LogP contribution in [0.2, 0.25) is 0 Å². The topological polar surface area (TPSA) is 58.6 Å². The van der Waals surface area contributed by atoms with E-state index < -0.39 is 5.92 Å². The van der Waals surface area contributed by atoms with Crippen LogP contribution in [0.4, 0.5) is 0 Å². The number of carbonyl (C=O) groups is 2. The van der Waals surface area contributed by atoms with E-state index in [1.807, 2.05) is 46.7 Å². The van der Waals surface area contributed by atoms with Gasteiger partial charge in [-0.05, 0) is 35.9 Å². The number of ether oxygens (including phenoxy) is 1. The van der Waals surface area contributed by atoms with Crippen LogP contribution in [0.25, 0.3) is 0 Å². The highest BCUT2D eigenvalue weighted by Crippen LogP contribution is 2.44. The molecule has 0 unspecified atom stereocenters. The molecule has 1 fully saturated rings. The molecule has 1 N–H and O–H groups in total. The number of rotatable bonds is 6. The van der Waals surface area contributed by atoms with Gasteiger partial charge in [-0.3, -0.25) is 9.59 Å². The third-order valence-corrected chi connectivity index (χ3v) is 6.74. The monoisotopic (exact) mass is 398 g/mol. The van der Waals surface area contributed by atoms with Crippen molar-refractivity contribution in [1.29, 1.82) is 0 Å². The quantitative estimate of drug-likeness (QED) is 0.807. The maximum atomic E-state index is 13.5. The van der Waals surface area contributed by atoms with Crippen LogP contribution in [0.15, 0.2) is 41.8 Å². The lowest BCUT2D eigenvalue weighted by molar-refractivity contribution is -0.125. The minimum atomic E-state index is -0.412. The van der Waals surface area contributed by atoms with Gasteiger partial charge in [-0.1, -0.05) is 37.1 Å². The summed E-state index contributed by atoms with van der Waals surface area (Å²) in [4.78, 5) is 29.6. The molecule has 6 heteroatoms. The first-order chi connectivity index (χ1) is 13.7. The Kier molecular flexibility index (Phi) is 5.78. The van der Waals surface area contributed by atoms with E-state index in [0.29, 0.717) is 18.7 Å². The van der Waals surface area contributed by atoms with Gasteiger partial charge in [0.05, 0.1) is 18.6 Å². The Morgan fingerprint density at radius 2 is 2.00 bits per heavy atom. The molecule has 2 heterocycles. The van der Waals surface area contributed by atoms with Crippen molar-refractivity contribution in [3.63, 3.8) is 0 Å². The SMILES string of the molecule is COCCN1C(=O)c2ccccc2[C@@H](C(=O)NC2CCCC2)[C@H]1c1cccs1. The number of hydrogen-bond donors (Lipinski definition) is 1. The number of benzene rings is 1. The zero-order valence-electron chi connectivity index (χ0n) is 16.1. The summed E-state index contributed by atoms with van der Waals surface area (Å²) in [5, 5.41) is 5.27. The zero-order chi connectivity index (χ0) is 19.5. The molecule has 2 amide bonds. The van der Waals surface area contributed by atoms with Crippen molar-refractivity contribution in [3.05, 3.63) is 57.8 Å². The highest BCUT2D eigenvalue weighted by Gasteiger charge is 2.44. The molecule has 148 valence electrons. The Bertz CT molecular complexity index is 830. The first kappa shape index (κ1) is 19.2. The number of thiophene rings is 1. The van der Waals surface area contributed by atoms with Crippen molar-refractivity contribution in [2.24, 2.45) is 0 Å². The molecular formula is C22H26N2O3S. The predicted octanol–water partition coefficient (Wildman–Crippen LogP) is 3.73. The Morgan fingerprint density at radius 1 is 1.21 bits per heavy atom. The van der Waals surface area contributed by atoms with Crippen molar-refractivity contribution in [1.82, 2.24) is 10.2 Å². The van der Waals surface area contributed by atoms with Gasteiger partial charge in [-0.25, -0.2) is 0 Å². The molecule has 2 aromatic rings. The van der Waals surface area contributed by atoms with E-state index in [9.17, 15) is 9.59 Å². The fraction of sp³-hybridized carbons (Fsp3) is 0.455. The minimum absolute atomic E-state index is 0.0210. The van der Waals surface area contributed by atoms with Gasteiger partial charge in [-0.15, -0.1) is 11.3 Å². The number of carbonyl (C=O) groups excluding carboxylic acids is 2. The summed E-state index contributed by atoms with van der Waals surface area (Å²) in [5.74, 6) is -0.423. The third kappa shape index (κ3) is 3.59. The first-order valence-electron chi connectivity index (χ1n) is 9.93. The number of hydrogen-bond acceptors (Lipinski definition) is 4. The second-order valence-electron chi connectivity index (χ2n) is 7.51. The molecule has 0 radical (unpaired) electrons. The highest BCUT2D eigenvalue weighted by molar-refractivity contribution is 7.10. The molecule has 1 aliphatic heterocycles.